The molecule has 0 aliphatic heterocycles. The zero-order valence-corrected chi connectivity index (χ0v) is 8.81. The van der Waals surface area contributed by atoms with Crippen molar-refractivity contribution in [1.29, 1.82) is 0 Å². The van der Waals surface area contributed by atoms with Crippen LogP contribution in [-0.4, -0.2) is 41.8 Å². The van der Waals surface area contributed by atoms with Gasteiger partial charge in [0.05, 0.1) is 19.2 Å². The van der Waals surface area contributed by atoms with E-state index in [-0.39, 0.29) is 6.54 Å². The van der Waals surface area contributed by atoms with Gasteiger partial charge in [-0.3, -0.25) is 0 Å². The fraction of sp³-hybridized carbons (Fsp3) is 0.250. The Hall–Kier alpha value is -1.80. The normalized spacial score (nSPS) is 12.8. The van der Waals surface area contributed by atoms with Crippen LogP contribution in [0.15, 0.2) is 12.7 Å². The Labute approximate surface area is 94.4 Å². The van der Waals surface area contributed by atoms with Gasteiger partial charge in [-0.15, -0.1) is 0 Å². The zero-order chi connectivity index (χ0) is 11.7. The van der Waals surface area contributed by atoms with Crippen LogP contribution in [0.1, 0.15) is 0 Å². The lowest BCUT2D eigenvalue weighted by atomic mass is 10.3. The molecular formula is C8H8N4O3S. The molecule has 2 rings (SSSR count). The Balaban J connectivity index is 2.43. The Bertz CT molecular complexity index is 590. The molecule has 1 unspecified atom stereocenters. The Morgan fingerprint density at radius 2 is 2.38 bits per heavy atom. The van der Waals surface area contributed by atoms with Crippen LogP contribution >= 0.6 is 12.2 Å². The van der Waals surface area contributed by atoms with Crippen molar-refractivity contribution in [3.63, 3.8) is 0 Å². The number of nitrogens with zero attached hydrogens (tertiary/aromatic N) is 3. The lowest BCUT2D eigenvalue weighted by molar-refractivity contribution is -0.147. The summed E-state index contributed by atoms with van der Waals surface area (Å²) in [5, 5.41) is 17.8. The lowest BCUT2D eigenvalue weighted by Crippen LogP contribution is -2.25. The van der Waals surface area contributed by atoms with Gasteiger partial charge in [-0.05, 0) is 0 Å². The fourth-order valence-electron chi connectivity index (χ4n) is 1.31. The zero-order valence-electron chi connectivity index (χ0n) is 7.99. The third kappa shape index (κ3) is 1.79. The molecule has 0 aliphatic rings. The maximum absolute atomic E-state index is 10.5. The molecule has 16 heavy (non-hydrogen) atoms. The minimum atomic E-state index is -1.48. The van der Waals surface area contributed by atoms with Gasteiger partial charge in [0, 0.05) is 0 Å². The summed E-state index contributed by atoms with van der Waals surface area (Å²) in [4.78, 5) is 21.1. The molecule has 0 saturated heterocycles. The summed E-state index contributed by atoms with van der Waals surface area (Å²) in [5.74, 6) is -1.28. The van der Waals surface area contributed by atoms with Crippen molar-refractivity contribution in [3.05, 3.63) is 17.3 Å². The highest BCUT2D eigenvalue weighted by atomic mass is 32.1. The smallest absolute Gasteiger partial charge is 0.334 e. The SMILES string of the molecule is O=C(O)C(O)Cn1cnc2c(=S)nc[nH]c21. The standard InChI is InChI=1S/C8H8N4O3S/c13-4(8(14)15)1-12-3-11-5-6(12)9-2-10-7(5)16/h2-4,13H,1H2,(H,14,15)(H,9,10,16). The summed E-state index contributed by atoms with van der Waals surface area (Å²) in [6.07, 6.45) is 1.33. The molecule has 7 nitrogen and oxygen atoms in total. The molecule has 2 aromatic rings. The number of hydrogen-bond acceptors (Lipinski definition) is 5. The maximum Gasteiger partial charge on any atom is 0.334 e. The number of H-pyrrole nitrogens is 1. The van der Waals surface area contributed by atoms with Crippen molar-refractivity contribution in [1.82, 2.24) is 19.5 Å². The van der Waals surface area contributed by atoms with Crippen LogP contribution in [0.3, 0.4) is 0 Å². The monoisotopic (exact) mass is 240 g/mol. The molecule has 3 N–H and O–H groups in total. The van der Waals surface area contributed by atoms with Crippen LogP contribution in [0.4, 0.5) is 0 Å². The molecule has 84 valence electrons. The molecule has 2 heterocycles. The van der Waals surface area contributed by atoms with E-state index in [0.29, 0.717) is 15.8 Å². The van der Waals surface area contributed by atoms with Crippen molar-refractivity contribution >= 4 is 29.4 Å². The molecule has 2 aromatic heterocycles. The number of imidazole rings is 1. The number of carbonyl (C=O) groups is 1. The van der Waals surface area contributed by atoms with Gasteiger partial charge in [0.1, 0.15) is 11.2 Å². The van der Waals surface area contributed by atoms with E-state index in [1.165, 1.54) is 17.2 Å². The second kappa shape index (κ2) is 3.99. The molecule has 0 spiro atoms. The number of carboxylic acid groups (broad SMARTS) is 1. The van der Waals surface area contributed by atoms with E-state index in [9.17, 15) is 9.90 Å². The van der Waals surface area contributed by atoms with Crippen LogP contribution in [-0.2, 0) is 11.3 Å². The quantitative estimate of drug-likeness (QED) is 0.649. The molecule has 0 saturated carbocycles. The molecule has 1 atom stereocenters. The Morgan fingerprint density at radius 1 is 1.62 bits per heavy atom. The number of carboxylic acids is 1. The van der Waals surface area contributed by atoms with E-state index in [1.807, 2.05) is 0 Å². The molecule has 0 radical (unpaired) electrons. The van der Waals surface area contributed by atoms with Gasteiger partial charge in [0.25, 0.3) is 0 Å². The van der Waals surface area contributed by atoms with Gasteiger partial charge in [-0.1, -0.05) is 12.2 Å². The van der Waals surface area contributed by atoms with Crippen molar-refractivity contribution in [3.8, 4) is 0 Å². The van der Waals surface area contributed by atoms with Gasteiger partial charge in [-0.2, -0.15) is 0 Å². The van der Waals surface area contributed by atoms with E-state index in [4.69, 9.17) is 17.3 Å². The van der Waals surface area contributed by atoms with E-state index < -0.39 is 12.1 Å². The highest BCUT2D eigenvalue weighted by molar-refractivity contribution is 7.71. The highest BCUT2D eigenvalue weighted by Gasteiger charge is 2.15. The van der Waals surface area contributed by atoms with E-state index in [1.54, 1.807) is 0 Å². The van der Waals surface area contributed by atoms with Gasteiger partial charge in [0.15, 0.2) is 10.7 Å². The predicted octanol–water partition coefficient (Wildman–Crippen LogP) is -0.0656. The van der Waals surface area contributed by atoms with Crippen LogP contribution in [0.2, 0.25) is 0 Å². The Morgan fingerprint density at radius 3 is 3.06 bits per heavy atom. The largest absolute Gasteiger partial charge is 0.479 e. The molecule has 8 heteroatoms. The molecule has 0 amide bonds. The molecular weight excluding hydrogens is 232 g/mol. The number of aliphatic hydroxyl groups is 1. The predicted molar refractivity (Wildman–Crippen MR) is 56.4 cm³/mol. The number of aliphatic hydroxyl groups excluding tert-OH is 1. The topological polar surface area (TPSA) is 104 Å². The number of rotatable bonds is 3. The molecule has 0 bridgehead atoms. The molecule has 0 aliphatic carbocycles. The van der Waals surface area contributed by atoms with Crippen LogP contribution in [0.25, 0.3) is 11.2 Å². The fourth-order valence-corrected chi connectivity index (χ4v) is 1.51. The number of aromatic nitrogens is 4. The number of aromatic amines is 1. The number of fused-ring (bicyclic) bond motifs is 1. The summed E-state index contributed by atoms with van der Waals surface area (Å²) in [5.41, 5.74) is 1.02. The number of nitrogens with one attached hydrogen (secondary N) is 1. The van der Waals surface area contributed by atoms with Crippen LogP contribution in [0.5, 0.6) is 0 Å². The third-order valence-corrected chi connectivity index (χ3v) is 2.38. The van der Waals surface area contributed by atoms with E-state index >= 15 is 0 Å². The summed E-state index contributed by atoms with van der Waals surface area (Å²) in [6, 6.07) is 0. The lowest BCUT2D eigenvalue weighted by Gasteiger charge is -2.06. The van der Waals surface area contributed by atoms with E-state index in [0.717, 1.165) is 0 Å². The maximum atomic E-state index is 10.5. The summed E-state index contributed by atoms with van der Waals surface area (Å²) in [6.45, 7) is -0.0961. The second-order valence-electron chi connectivity index (χ2n) is 3.16. The van der Waals surface area contributed by atoms with E-state index in [2.05, 4.69) is 15.0 Å². The van der Waals surface area contributed by atoms with Crippen molar-refractivity contribution in [2.75, 3.05) is 0 Å². The average molecular weight is 240 g/mol. The van der Waals surface area contributed by atoms with Crippen molar-refractivity contribution in [2.24, 2.45) is 0 Å². The summed E-state index contributed by atoms with van der Waals surface area (Å²) in [7, 11) is 0. The number of aliphatic carboxylic acids is 1. The highest BCUT2D eigenvalue weighted by Crippen LogP contribution is 2.09. The first-order valence-corrected chi connectivity index (χ1v) is 4.80. The first-order chi connectivity index (χ1) is 7.59. The first kappa shape index (κ1) is 10.7. The first-order valence-electron chi connectivity index (χ1n) is 4.39. The minimum Gasteiger partial charge on any atom is -0.479 e. The minimum absolute atomic E-state index is 0.0961. The molecule has 0 aromatic carbocycles. The van der Waals surface area contributed by atoms with Gasteiger partial charge < -0.3 is 19.8 Å². The molecule has 0 fully saturated rings. The van der Waals surface area contributed by atoms with Crippen molar-refractivity contribution < 1.29 is 15.0 Å². The van der Waals surface area contributed by atoms with Crippen molar-refractivity contribution in [2.45, 2.75) is 12.6 Å². The van der Waals surface area contributed by atoms with Crippen LogP contribution in [0, 0.1) is 4.64 Å². The average Bonchev–Trinajstić information content (AvgIpc) is 2.63. The summed E-state index contributed by atoms with van der Waals surface area (Å²) >= 11 is 4.95. The third-order valence-electron chi connectivity index (χ3n) is 2.08. The summed E-state index contributed by atoms with van der Waals surface area (Å²) < 4.78 is 1.81. The van der Waals surface area contributed by atoms with Crippen LogP contribution < -0.4 is 0 Å². The van der Waals surface area contributed by atoms with Gasteiger partial charge in [-0.25, -0.2) is 14.8 Å². The van der Waals surface area contributed by atoms with Gasteiger partial charge >= 0.3 is 5.97 Å². The van der Waals surface area contributed by atoms with Gasteiger partial charge in [0.2, 0.25) is 0 Å². The number of hydrogen-bond donors (Lipinski definition) is 3. The second-order valence-corrected chi connectivity index (χ2v) is 3.54. The Kier molecular flexibility index (Phi) is 2.67.